The topological polar surface area (TPSA) is 39.9 Å². The number of aromatic nitrogens is 3. The zero-order chi connectivity index (χ0) is 14.6. The monoisotopic (exact) mass is 285 g/mol. The molecule has 108 valence electrons. The lowest BCUT2D eigenvalue weighted by Gasteiger charge is -2.10. The highest BCUT2D eigenvalue weighted by Gasteiger charge is 2.29. The number of alkyl halides is 3. The van der Waals surface area contributed by atoms with Crippen LogP contribution < -0.4 is 4.74 Å². The van der Waals surface area contributed by atoms with E-state index in [0.29, 0.717) is 18.7 Å². The molecule has 1 heterocycles. The molecule has 0 spiro atoms. The van der Waals surface area contributed by atoms with Crippen LogP contribution >= 0.6 is 0 Å². The maximum absolute atomic E-state index is 12.4. The van der Waals surface area contributed by atoms with E-state index in [4.69, 9.17) is 4.74 Å². The zero-order valence-electron chi connectivity index (χ0n) is 10.9. The fourth-order valence-electron chi connectivity index (χ4n) is 1.94. The fraction of sp³-hybridized carbons (Fsp3) is 0.385. The van der Waals surface area contributed by atoms with E-state index >= 15 is 0 Å². The predicted molar refractivity (Wildman–Crippen MR) is 66.5 cm³/mol. The summed E-state index contributed by atoms with van der Waals surface area (Å²) in [7, 11) is 1.56. The Labute approximate surface area is 114 Å². The number of nitrogens with zero attached hydrogens (tertiary/aromatic N) is 3. The van der Waals surface area contributed by atoms with Crippen LogP contribution in [0.3, 0.4) is 0 Å². The summed E-state index contributed by atoms with van der Waals surface area (Å²) in [6.07, 6.45) is -2.24. The van der Waals surface area contributed by atoms with Crippen LogP contribution in [0.1, 0.15) is 11.4 Å². The van der Waals surface area contributed by atoms with Crippen molar-refractivity contribution in [2.75, 3.05) is 7.11 Å². The molecule has 20 heavy (non-hydrogen) atoms. The summed E-state index contributed by atoms with van der Waals surface area (Å²) in [5, 5.41) is 3.61. The smallest absolute Gasteiger partial charge is 0.408 e. The van der Waals surface area contributed by atoms with E-state index in [1.54, 1.807) is 7.11 Å². The van der Waals surface area contributed by atoms with Crippen molar-refractivity contribution in [3.05, 3.63) is 42.0 Å². The first kappa shape index (κ1) is 14.4. The Morgan fingerprint density at radius 1 is 1.20 bits per heavy atom. The Kier molecular flexibility index (Phi) is 4.26. The van der Waals surface area contributed by atoms with Crippen LogP contribution in [0.2, 0.25) is 0 Å². The largest absolute Gasteiger partial charge is 0.496 e. The molecule has 0 unspecified atom stereocenters. The summed E-state index contributed by atoms with van der Waals surface area (Å²) in [6, 6.07) is 7.39. The third kappa shape index (κ3) is 3.72. The molecule has 0 saturated carbocycles. The van der Waals surface area contributed by atoms with Crippen LogP contribution in [-0.4, -0.2) is 28.1 Å². The van der Waals surface area contributed by atoms with E-state index in [9.17, 15) is 13.2 Å². The molecule has 0 aliphatic carbocycles. The normalized spacial score (nSPS) is 11.6. The lowest BCUT2D eigenvalue weighted by atomic mass is 10.1. The van der Waals surface area contributed by atoms with E-state index in [2.05, 4.69) is 10.1 Å². The van der Waals surface area contributed by atoms with Gasteiger partial charge in [0.05, 0.1) is 7.11 Å². The molecular formula is C13H14F3N3O. The highest BCUT2D eigenvalue weighted by Crippen LogP contribution is 2.20. The van der Waals surface area contributed by atoms with Crippen molar-refractivity contribution in [1.29, 1.82) is 0 Å². The first-order valence-corrected chi connectivity index (χ1v) is 6.05. The summed E-state index contributed by atoms with van der Waals surface area (Å²) in [5.41, 5.74) is 0.927. The van der Waals surface area contributed by atoms with E-state index in [0.717, 1.165) is 22.3 Å². The molecule has 0 amide bonds. The Hall–Kier alpha value is -2.05. The minimum absolute atomic E-state index is 0.313. The number of halogens is 3. The first-order valence-electron chi connectivity index (χ1n) is 6.05. The van der Waals surface area contributed by atoms with Gasteiger partial charge in [0.25, 0.3) is 0 Å². The molecule has 1 aromatic heterocycles. The van der Waals surface area contributed by atoms with Crippen molar-refractivity contribution in [3.63, 3.8) is 0 Å². The van der Waals surface area contributed by atoms with Gasteiger partial charge >= 0.3 is 6.18 Å². The minimum atomic E-state index is -4.30. The molecule has 0 saturated heterocycles. The molecule has 0 bridgehead atoms. The average Bonchev–Trinajstić information content (AvgIpc) is 2.81. The van der Waals surface area contributed by atoms with Crippen LogP contribution in [0, 0.1) is 0 Å². The summed E-state index contributed by atoms with van der Waals surface area (Å²) >= 11 is 0. The van der Waals surface area contributed by atoms with Crippen LogP contribution in [0.4, 0.5) is 13.2 Å². The molecule has 0 aliphatic heterocycles. The van der Waals surface area contributed by atoms with E-state index in [-0.39, 0.29) is 0 Å². The van der Waals surface area contributed by atoms with Gasteiger partial charge in [-0.1, -0.05) is 18.2 Å². The molecular weight excluding hydrogens is 271 g/mol. The number of aryl methyl sites for hydroxylation is 2. The highest BCUT2D eigenvalue weighted by molar-refractivity contribution is 5.33. The van der Waals surface area contributed by atoms with Gasteiger partial charge in [-0.25, -0.2) is 9.67 Å². The van der Waals surface area contributed by atoms with Crippen LogP contribution in [0.15, 0.2) is 30.6 Å². The summed E-state index contributed by atoms with van der Waals surface area (Å²) in [6.45, 7) is -1.12. The summed E-state index contributed by atoms with van der Waals surface area (Å²) in [5.74, 6) is 1.03. The third-order valence-corrected chi connectivity index (χ3v) is 2.84. The molecule has 4 nitrogen and oxygen atoms in total. The number of hydrogen-bond acceptors (Lipinski definition) is 3. The van der Waals surface area contributed by atoms with Gasteiger partial charge in [0.1, 0.15) is 24.4 Å². The molecule has 2 rings (SSSR count). The van der Waals surface area contributed by atoms with Crippen LogP contribution in [0.5, 0.6) is 5.75 Å². The zero-order valence-corrected chi connectivity index (χ0v) is 10.9. The van der Waals surface area contributed by atoms with Crippen LogP contribution in [-0.2, 0) is 19.4 Å². The summed E-state index contributed by atoms with van der Waals surface area (Å²) < 4.78 is 43.2. The second kappa shape index (κ2) is 5.94. The first-order chi connectivity index (χ1) is 9.49. The number of methoxy groups -OCH3 is 1. The van der Waals surface area contributed by atoms with Crippen molar-refractivity contribution in [2.45, 2.75) is 25.6 Å². The SMILES string of the molecule is COc1ccccc1CCc1ncnn1CC(F)(F)F. The van der Waals surface area contributed by atoms with E-state index in [1.165, 1.54) is 0 Å². The average molecular weight is 285 g/mol. The molecule has 2 aromatic rings. The van der Waals surface area contributed by atoms with Gasteiger partial charge in [0.2, 0.25) is 0 Å². The molecule has 0 fully saturated rings. The van der Waals surface area contributed by atoms with Gasteiger partial charge in [-0.3, -0.25) is 0 Å². The third-order valence-electron chi connectivity index (χ3n) is 2.84. The van der Waals surface area contributed by atoms with Crippen LogP contribution in [0.25, 0.3) is 0 Å². The second-order valence-corrected chi connectivity index (χ2v) is 4.26. The number of benzene rings is 1. The highest BCUT2D eigenvalue weighted by atomic mass is 19.4. The predicted octanol–water partition coefficient (Wildman–Crippen LogP) is 2.63. The fourth-order valence-corrected chi connectivity index (χ4v) is 1.94. The number of ether oxygens (including phenoxy) is 1. The molecule has 0 radical (unpaired) electrons. The number of hydrogen-bond donors (Lipinski definition) is 0. The lowest BCUT2D eigenvalue weighted by molar-refractivity contribution is -0.143. The van der Waals surface area contributed by atoms with Crippen molar-refractivity contribution in [2.24, 2.45) is 0 Å². The van der Waals surface area contributed by atoms with Crippen molar-refractivity contribution < 1.29 is 17.9 Å². The summed E-state index contributed by atoms with van der Waals surface area (Å²) in [4.78, 5) is 3.88. The molecule has 7 heteroatoms. The number of rotatable bonds is 5. The lowest BCUT2D eigenvalue weighted by Crippen LogP contribution is -2.20. The quantitative estimate of drug-likeness (QED) is 0.848. The van der Waals surface area contributed by atoms with Crippen molar-refractivity contribution >= 4 is 0 Å². The molecule has 0 N–H and O–H groups in total. The van der Waals surface area contributed by atoms with Gasteiger partial charge in [0.15, 0.2) is 0 Å². The maximum atomic E-state index is 12.4. The molecule has 0 aliphatic rings. The Bertz CT molecular complexity index is 566. The van der Waals surface area contributed by atoms with Gasteiger partial charge < -0.3 is 4.74 Å². The van der Waals surface area contributed by atoms with E-state index < -0.39 is 12.7 Å². The van der Waals surface area contributed by atoms with Gasteiger partial charge in [0, 0.05) is 6.42 Å². The Balaban J connectivity index is 2.06. The van der Waals surface area contributed by atoms with Gasteiger partial charge in [-0.15, -0.1) is 0 Å². The van der Waals surface area contributed by atoms with E-state index in [1.807, 2.05) is 24.3 Å². The molecule has 1 aromatic carbocycles. The van der Waals surface area contributed by atoms with Gasteiger partial charge in [-0.2, -0.15) is 18.3 Å². The van der Waals surface area contributed by atoms with Crippen molar-refractivity contribution in [3.8, 4) is 5.75 Å². The standard InChI is InChI=1S/C13H14F3N3O/c1-20-11-5-3-2-4-10(11)6-7-12-17-9-18-19(12)8-13(14,15)16/h2-5,9H,6-8H2,1H3. The minimum Gasteiger partial charge on any atom is -0.496 e. The Morgan fingerprint density at radius 3 is 2.65 bits per heavy atom. The Morgan fingerprint density at radius 2 is 1.95 bits per heavy atom. The second-order valence-electron chi connectivity index (χ2n) is 4.26. The van der Waals surface area contributed by atoms with Crippen molar-refractivity contribution in [1.82, 2.24) is 14.8 Å². The molecule has 0 atom stereocenters. The maximum Gasteiger partial charge on any atom is 0.408 e. The number of para-hydroxylation sites is 1. The van der Waals surface area contributed by atoms with Gasteiger partial charge in [-0.05, 0) is 18.1 Å².